The van der Waals surface area contributed by atoms with E-state index in [0.29, 0.717) is 18.9 Å². The third kappa shape index (κ3) is 3.41. The molecule has 108 valence electrons. The maximum Gasteiger partial charge on any atom is 0.244 e. The van der Waals surface area contributed by atoms with Crippen LogP contribution >= 0.6 is 0 Å². The number of nitrogens with one attached hydrogen (secondary N) is 1. The average Bonchev–Trinajstić information content (AvgIpc) is 3.04. The van der Waals surface area contributed by atoms with Crippen LogP contribution in [0.5, 0.6) is 0 Å². The fraction of sp³-hybridized carbons (Fsp3) is 0.235. The van der Waals surface area contributed by atoms with E-state index in [4.69, 9.17) is 9.15 Å². The molecule has 0 saturated heterocycles. The maximum atomic E-state index is 11.8. The van der Waals surface area contributed by atoms with Gasteiger partial charge in [-0.25, -0.2) is 0 Å². The zero-order valence-electron chi connectivity index (χ0n) is 11.6. The van der Waals surface area contributed by atoms with Gasteiger partial charge in [-0.15, -0.1) is 0 Å². The van der Waals surface area contributed by atoms with E-state index in [-0.39, 0.29) is 12.0 Å². The Bertz CT molecular complexity index is 631. The third-order valence-electron chi connectivity index (χ3n) is 3.50. The molecule has 4 heteroatoms. The fourth-order valence-corrected chi connectivity index (χ4v) is 2.44. The smallest absolute Gasteiger partial charge is 0.244 e. The highest BCUT2D eigenvalue weighted by molar-refractivity contribution is 5.91. The average molecular weight is 283 g/mol. The second-order valence-electron chi connectivity index (χ2n) is 4.90. The number of benzene rings is 1. The van der Waals surface area contributed by atoms with Gasteiger partial charge < -0.3 is 14.5 Å². The van der Waals surface area contributed by atoms with Crippen molar-refractivity contribution < 1.29 is 13.9 Å². The molecule has 1 atom stereocenters. The lowest BCUT2D eigenvalue weighted by atomic mass is 9.97. The Labute approximate surface area is 123 Å². The van der Waals surface area contributed by atoms with Gasteiger partial charge in [0, 0.05) is 12.6 Å². The van der Waals surface area contributed by atoms with Crippen LogP contribution in [0.3, 0.4) is 0 Å². The second-order valence-corrected chi connectivity index (χ2v) is 4.90. The summed E-state index contributed by atoms with van der Waals surface area (Å²) in [7, 11) is 0. The normalized spacial score (nSPS) is 17.6. The molecule has 1 unspecified atom stereocenters. The quantitative estimate of drug-likeness (QED) is 0.878. The summed E-state index contributed by atoms with van der Waals surface area (Å²) in [4.78, 5) is 11.8. The van der Waals surface area contributed by atoms with E-state index in [1.54, 1.807) is 24.5 Å². The molecule has 0 fully saturated rings. The van der Waals surface area contributed by atoms with E-state index in [1.165, 1.54) is 17.2 Å². The SMILES string of the molecule is O=C(/C=C\c1ccco1)NCC1OCCc2ccccc21. The molecular formula is C17H17NO3. The van der Waals surface area contributed by atoms with Crippen LogP contribution in [0.15, 0.2) is 53.2 Å². The Morgan fingerprint density at radius 3 is 3.05 bits per heavy atom. The van der Waals surface area contributed by atoms with Gasteiger partial charge >= 0.3 is 0 Å². The minimum atomic E-state index is -0.155. The van der Waals surface area contributed by atoms with E-state index in [9.17, 15) is 4.79 Å². The molecule has 1 aromatic heterocycles. The van der Waals surface area contributed by atoms with Gasteiger partial charge in [-0.3, -0.25) is 4.79 Å². The summed E-state index contributed by atoms with van der Waals surface area (Å²) < 4.78 is 10.9. The molecule has 0 saturated carbocycles. The Kier molecular flexibility index (Phi) is 4.17. The van der Waals surface area contributed by atoms with Gasteiger partial charge in [-0.2, -0.15) is 0 Å². The van der Waals surface area contributed by atoms with Crippen molar-refractivity contribution in [2.45, 2.75) is 12.5 Å². The highest BCUT2D eigenvalue weighted by atomic mass is 16.5. The van der Waals surface area contributed by atoms with Gasteiger partial charge in [0.05, 0.1) is 12.9 Å². The molecule has 4 nitrogen and oxygen atoms in total. The molecule has 3 rings (SSSR count). The van der Waals surface area contributed by atoms with Crippen LogP contribution in [-0.4, -0.2) is 19.1 Å². The van der Waals surface area contributed by atoms with Crippen LogP contribution in [0, 0.1) is 0 Å². The summed E-state index contributed by atoms with van der Waals surface area (Å²) in [6.07, 6.45) is 5.54. The first-order valence-electron chi connectivity index (χ1n) is 7.02. The molecule has 1 aliphatic heterocycles. The van der Waals surface area contributed by atoms with Gasteiger partial charge in [0.15, 0.2) is 0 Å². The molecule has 1 aliphatic rings. The monoisotopic (exact) mass is 283 g/mol. The lowest BCUT2D eigenvalue weighted by Gasteiger charge is -2.26. The first-order valence-corrected chi connectivity index (χ1v) is 7.02. The molecule has 0 bridgehead atoms. The van der Waals surface area contributed by atoms with Crippen molar-refractivity contribution in [2.24, 2.45) is 0 Å². The topological polar surface area (TPSA) is 51.5 Å². The summed E-state index contributed by atoms with van der Waals surface area (Å²) in [5.41, 5.74) is 2.47. The lowest BCUT2D eigenvalue weighted by Crippen LogP contribution is -2.30. The van der Waals surface area contributed by atoms with Gasteiger partial charge in [-0.05, 0) is 35.8 Å². The molecule has 0 aliphatic carbocycles. The van der Waals surface area contributed by atoms with Crippen molar-refractivity contribution in [2.75, 3.05) is 13.2 Å². The Hall–Kier alpha value is -2.33. The highest BCUT2D eigenvalue weighted by Crippen LogP contribution is 2.26. The molecule has 1 N–H and O–H groups in total. The van der Waals surface area contributed by atoms with Crippen molar-refractivity contribution in [1.82, 2.24) is 5.32 Å². The zero-order chi connectivity index (χ0) is 14.5. The Morgan fingerprint density at radius 2 is 2.19 bits per heavy atom. The van der Waals surface area contributed by atoms with Crippen molar-refractivity contribution in [3.63, 3.8) is 0 Å². The summed E-state index contributed by atoms with van der Waals surface area (Å²) >= 11 is 0. The van der Waals surface area contributed by atoms with Gasteiger partial charge in [-0.1, -0.05) is 24.3 Å². The molecule has 1 amide bonds. The van der Waals surface area contributed by atoms with Gasteiger partial charge in [0.2, 0.25) is 5.91 Å². The Balaban J connectivity index is 1.57. The van der Waals surface area contributed by atoms with E-state index in [0.717, 1.165) is 6.42 Å². The van der Waals surface area contributed by atoms with E-state index < -0.39 is 0 Å². The maximum absolute atomic E-state index is 11.8. The highest BCUT2D eigenvalue weighted by Gasteiger charge is 2.20. The van der Waals surface area contributed by atoms with Crippen molar-refractivity contribution in [3.8, 4) is 0 Å². The lowest BCUT2D eigenvalue weighted by molar-refractivity contribution is -0.117. The van der Waals surface area contributed by atoms with E-state index in [2.05, 4.69) is 17.4 Å². The second kappa shape index (κ2) is 6.41. The molecule has 2 heterocycles. The first-order chi connectivity index (χ1) is 10.3. The third-order valence-corrected chi connectivity index (χ3v) is 3.50. The van der Waals surface area contributed by atoms with Crippen LogP contribution in [0.4, 0.5) is 0 Å². The Morgan fingerprint density at radius 1 is 1.29 bits per heavy atom. The fourth-order valence-electron chi connectivity index (χ4n) is 2.44. The van der Waals surface area contributed by atoms with Crippen LogP contribution < -0.4 is 5.32 Å². The number of hydrogen-bond acceptors (Lipinski definition) is 3. The predicted octanol–water partition coefficient (Wildman–Crippen LogP) is 2.72. The number of carbonyl (C=O) groups excluding carboxylic acids is 1. The number of hydrogen-bond donors (Lipinski definition) is 1. The number of furan rings is 1. The standard InChI is InChI=1S/C17H17NO3/c19-17(8-7-14-5-3-10-20-14)18-12-16-15-6-2-1-4-13(15)9-11-21-16/h1-8,10,16H,9,11-12H2,(H,18,19)/b8-7-. The molecule has 0 radical (unpaired) electrons. The van der Waals surface area contributed by atoms with Crippen LogP contribution in [0.2, 0.25) is 0 Å². The van der Waals surface area contributed by atoms with Crippen LogP contribution in [-0.2, 0) is 16.0 Å². The minimum absolute atomic E-state index is 0.0732. The minimum Gasteiger partial charge on any atom is -0.465 e. The van der Waals surface area contributed by atoms with Gasteiger partial charge in [0.1, 0.15) is 11.9 Å². The van der Waals surface area contributed by atoms with Crippen molar-refractivity contribution >= 4 is 12.0 Å². The number of rotatable bonds is 4. The largest absolute Gasteiger partial charge is 0.465 e. The van der Waals surface area contributed by atoms with Gasteiger partial charge in [0.25, 0.3) is 0 Å². The van der Waals surface area contributed by atoms with Crippen LogP contribution in [0.25, 0.3) is 6.08 Å². The molecule has 0 spiro atoms. The van der Waals surface area contributed by atoms with E-state index in [1.807, 2.05) is 12.1 Å². The summed E-state index contributed by atoms with van der Waals surface area (Å²) in [5, 5.41) is 2.86. The van der Waals surface area contributed by atoms with E-state index >= 15 is 0 Å². The molecular weight excluding hydrogens is 266 g/mol. The molecule has 2 aromatic rings. The van der Waals surface area contributed by atoms with Crippen molar-refractivity contribution in [3.05, 3.63) is 65.6 Å². The number of ether oxygens (including phenoxy) is 1. The van der Waals surface area contributed by atoms with Crippen molar-refractivity contribution in [1.29, 1.82) is 0 Å². The first kappa shape index (κ1) is 13.6. The summed E-state index contributed by atoms with van der Waals surface area (Å²) in [6, 6.07) is 11.8. The number of carbonyl (C=O) groups is 1. The summed E-state index contributed by atoms with van der Waals surface area (Å²) in [6.45, 7) is 1.16. The summed E-state index contributed by atoms with van der Waals surface area (Å²) in [5.74, 6) is 0.502. The number of fused-ring (bicyclic) bond motifs is 1. The number of amides is 1. The zero-order valence-corrected chi connectivity index (χ0v) is 11.6. The molecule has 21 heavy (non-hydrogen) atoms. The molecule has 1 aromatic carbocycles. The predicted molar refractivity (Wildman–Crippen MR) is 79.6 cm³/mol. The van der Waals surface area contributed by atoms with Crippen LogP contribution in [0.1, 0.15) is 23.0 Å².